The van der Waals surface area contributed by atoms with Crippen molar-refractivity contribution in [2.45, 2.75) is 26.7 Å². The molecule has 3 nitrogen and oxygen atoms in total. The quantitative estimate of drug-likeness (QED) is 0.580. The Bertz CT molecular complexity index is 179. The summed E-state index contributed by atoms with van der Waals surface area (Å²) in [6.07, 6.45) is 0.868. The third kappa shape index (κ3) is 4.38. The number of carbonyl (C=O) groups is 1. The molecular weight excluding hydrogens is 142 g/mol. The molecule has 0 rings (SSSR count). The fourth-order valence-electron chi connectivity index (χ4n) is 0.573. The standard InChI is InChI=1S/C8H13NO2/c1-8(2,6-9)5-4-7(10)11-3/h4-5H2,1-3H3. The minimum atomic E-state index is -0.422. The number of carbonyl (C=O) groups excluding carboxylic acids is 1. The van der Waals surface area contributed by atoms with Gasteiger partial charge in [-0.05, 0) is 20.3 Å². The third-order valence-corrected chi connectivity index (χ3v) is 1.48. The molecule has 0 aliphatic rings. The van der Waals surface area contributed by atoms with Crippen molar-refractivity contribution in [1.29, 1.82) is 5.26 Å². The first-order valence-corrected chi connectivity index (χ1v) is 3.50. The summed E-state index contributed by atoms with van der Waals surface area (Å²) in [7, 11) is 1.35. The maximum atomic E-state index is 10.6. The first kappa shape index (κ1) is 9.96. The molecular formula is C8H13NO2. The highest BCUT2D eigenvalue weighted by molar-refractivity contribution is 5.69. The summed E-state index contributed by atoms with van der Waals surface area (Å²) in [5.41, 5.74) is -0.422. The minimum absolute atomic E-state index is 0.256. The molecule has 0 saturated carbocycles. The lowest BCUT2D eigenvalue weighted by atomic mass is 9.90. The summed E-state index contributed by atoms with van der Waals surface area (Å²) >= 11 is 0. The molecule has 0 aromatic heterocycles. The average Bonchev–Trinajstić information content (AvgIpc) is 2.00. The SMILES string of the molecule is COC(=O)CCC(C)(C)C#N. The van der Waals surface area contributed by atoms with Crippen LogP contribution in [0.1, 0.15) is 26.7 Å². The van der Waals surface area contributed by atoms with Gasteiger partial charge in [-0.25, -0.2) is 0 Å². The lowest BCUT2D eigenvalue weighted by Gasteiger charge is -2.12. The normalized spacial score (nSPS) is 10.4. The van der Waals surface area contributed by atoms with E-state index in [0.29, 0.717) is 12.8 Å². The zero-order valence-corrected chi connectivity index (χ0v) is 7.18. The van der Waals surface area contributed by atoms with Crippen molar-refractivity contribution in [2.24, 2.45) is 5.41 Å². The van der Waals surface area contributed by atoms with Gasteiger partial charge in [0, 0.05) is 6.42 Å². The van der Waals surface area contributed by atoms with Crippen LogP contribution in [-0.2, 0) is 9.53 Å². The number of esters is 1. The van der Waals surface area contributed by atoms with Crippen molar-refractivity contribution in [3.8, 4) is 6.07 Å². The number of nitrogens with zero attached hydrogens (tertiary/aromatic N) is 1. The van der Waals surface area contributed by atoms with Gasteiger partial charge in [-0.3, -0.25) is 4.79 Å². The summed E-state index contributed by atoms with van der Waals surface area (Å²) in [4.78, 5) is 10.6. The van der Waals surface area contributed by atoms with E-state index >= 15 is 0 Å². The molecule has 0 amide bonds. The first-order chi connectivity index (χ1) is 5.02. The maximum absolute atomic E-state index is 10.6. The largest absolute Gasteiger partial charge is 0.469 e. The number of hydrogen-bond acceptors (Lipinski definition) is 3. The smallest absolute Gasteiger partial charge is 0.305 e. The van der Waals surface area contributed by atoms with E-state index in [0.717, 1.165) is 0 Å². The highest BCUT2D eigenvalue weighted by Gasteiger charge is 2.17. The Morgan fingerprint density at radius 2 is 2.18 bits per heavy atom. The second-order valence-electron chi connectivity index (χ2n) is 3.07. The molecule has 0 radical (unpaired) electrons. The molecule has 0 aromatic carbocycles. The van der Waals surface area contributed by atoms with Crippen molar-refractivity contribution < 1.29 is 9.53 Å². The Balaban J connectivity index is 3.72. The molecule has 62 valence electrons. The van der Waals surface area contributed by atoms with Crippen LogP contribution >= 0.6 is 0 Å². The van der Waals surface area contributed by atoms with Gasteiger partial charge in [0.15, 0.2) is 0 Å². The predicted molar refractivity (Wildman–Crippen MR) is 40.6 cm³/mol. The van der Waals surface area contributed by atoms with E-state index in [4.69, 9.17) is 5.26 Å². The van der Waals surface area contributed by atoms with Crippen LogP contribution in [0.3, 0.4) is 0 Å². The van der Waals surface area contributed by atoms with Gasteiger partial charge in [0.2, 0.25) is 0 Å². The van der Waals surface area contributed by atoms with Crippen LogP contribution in [0, 0.1) is 16.7 Å². The highest BCUT2D eigenvalue weighted by Crippen LogP contribution is 2.20. The lowest BCUT2D eigenvalue weighted by Crippen LogP contribution is -2.11. The van der Waals surface area contributed by atoms with E-state index in [-0.39, 0.29) is 5.97 Å². The number of ether oxygens (including phenoxy) is 1. The molecule has 0 aromatic rings. The zero-order chi connectivity index (χ0) is 8.91. The Hall–Kier alpha value is -1.04. The monoisotopic (exact) mass is 155 g/mol. The summed E-state index contributed by atoms with van der Waals surface area (Å²) in [6, 6.07) is 2.11. The summed E-state index contributed by atoms with van der Waals surface area (Å²) < 4.78 is 4.44. The summed E-state index contributed by atoms with van der Waals surface area (Å²) in [5, 5.41) is 8.58. The molecule has 0 heterocycles. The molecule has 0 spiro atoms. The Labute approximate surface area is 67.0 Å². The Kier molecular flexibility index (Phi) is 3.59. The van der Waals surface area contributed by atoms with Crippen molar-refractivity contribution in [1.82, 2.24) is 0 Å². The van der Waals surface area contributed by atoms with Gasteiger partial charge in [-0.1, -0.05) is 0 Å². The van der Waals surface area contributed by atoms with Crippen LogP contribution in [-0.4, -0.2) is 13.1 Å². The van der Waals surface area contributed by atoms with Gasteiger partial charge < -0.3 is 4.74 Å². The molecule has 0 saturated heterocycles. The lowest BCUT2D eigenvalue weighted by molar-refractivity contribution is -0.141. The molecule has 3 heteroatoms. The molecule has 0 aliphatic heterocycles. The number of rotatable bonds is 3. The topological polar surface area (TPSA) is 50.1 Å². The Morgan fingerprint density at radius 3 is 2.55 bits per heavy atom. The van der Waals surface area contributed by atoms with Crippen LogP contribution in [0.25, 0.3) is 0 Å². The van der Waals surface area contributed by atoms with Crippen LogP contribution in [0.4, 0.5) is 0 Å². The minimum Gasteiger partial charge on any atom is -0.469 e. The molecule has 0 unspecified atom stereocenters. The first-order valence-electron chi connectivity index (χ1n) is 3.50. The predicted octanol–water partition coefficient (Wildman–Crippen LogP) is 1.49. The fraction of sp³-hybridized carbons (Fsp3) is 0.750. The Morgan fingerprint density at radius 1 is 1.64 bits per heavy atom. The fourth-order valence-corrected chi connectivity index (χ4v) is 0.573. The summed E-state index contributed by atoms with van der Waals surface area (Å²) in [5.74, 6) is -0.256. The van der Waals surface area contributed by atoms with Gasteiger partial charge in [0.05, 0.1) is 18.6 Å². The van der Waals surface area contributed by atoms with Crippen LogP contribution in [0.15, 0.2) is 0 Å². The molecule has 0 fully saturated rings. The molecule has 11 heavy (non-hydrogen) atoms. The van der Waals surface area contributed by atoms with Gasteiger partial charge >= 0.3 is 5.97 Å². The van der Waals surface area contributed by atoms with E-state index in [1.165, 1.54) is 7.11 Å². The van der Waals surface area contributed by atoms with Crippen molar-refractivity contribution in [2.75, 3.05) is 7.11 Å². The van der Waals surface area contributed by atoms with Crippen LogP contribution in [0.2, 0.25) is 0 Å². The molecule has 0 bridgehead atoms. The maximum Gasteiger partial charge on any atom is 0.305 e. The second-order valence-corrected chi connectivity index (χ2v) is 3.07. The van der Waals surface area contributed by atoms with Crippen LogP contribution in [0.5, 0.6) is 0 Å². The van der Waals surface area contributed by atoms with Crippen molar-refractivity contribution in [3.05, 3.63) is 0 Å². The number of hydrogen-bond donors (Lipinski definition) is 0. The molecule has 0 aliphatic carbocycles. The van der Waals surface area contributed by atoms with E-state index in [1.54, 1.807) is 13.8 Å². The van der Waals surface area contributed by atoms with Gasteiger partial charge in [-0.2, -0.15) is 5.26 Å². The van der Waals surface area contributed by atoms with Crippen LogP contribution < -0.4 is 0 Å². The van der Waals surface area contributed by atoms with E-state index in [2.05, 4.69) is 10.8 Å². The van der Waals surface area contributed by atoms with E-state index < -0.39 is 5.41 Å². The molecule has 0 atom stereocenters. The molecule has 0 N–H and O–H groups in total. The van der Waals surface area contributed by atoms with E-state index in [9.17, 15) is 4.79 Å². The van der Waals surface area contributed by atoms with E-state index in [1.807, 2.05) is 0 Å². The average molecular weight is 155 g/mol. The number of methoxy groups -OCH3 is 1. The zero-order valence-electron chi connectivity index (χ0n) is 7.18. The summed E-state index contributed by atoms with van der Waals surface area (Å²) in [6.45, 7) is 3.60. The third-order valence-electron chi connectivity index (χ3n) is 1.48. The number of nitriles is 1. The van der Waals surface area contributed by atoms with Crippen molar-refractivity contribution in [3.63, 3.8) is 0 Å². The van der Waals surface area contributed by atoms with Crippen molar-refractivity contribution >= 4 is 5.97 Å². The van der Waals surface area contributed by atoms with Gasteiger partial charge in [-0.15, -0.1) is 0 Å². The second kappa shape index (κ2) is 3.97. The van der Waals surface area contributed by atoms with Gasteiger partial charge in [0.1, 0.15) is 0 Å². The van der Waals surface area contributed by atoms with Gasteiger partial charge in [0.25, 0.3) is 0 Å². The highest BCUT2D eigenvalue weighted by atomic mass is 16.5.